The molecule has 0 aliphatic heterocycles. The van der Waals surface area contributed by atoms with Crippen molar-refractivity contribution in [1.82, 2.24) is 0 Å². The van der Waals surface area contributed by atoms with Gasteiger partial charge < -0.3 is 4.74 Å². The maximum Gasteiger partial charge on any atom is 0.303 e. The van der Waals surface area contributed by atoms with Crippen molar-refractivity contribution in [2.24, 2.45) is 0 Å². The highest BCUT2D eigenvalue weighted by molar-refractivity contribution is 7.86. The van der Waals surface area contributed by atoms with E-state index in [2.05, 4.69) is 19.9 Å². The minimum Gasteiger partial charge on any atom is -0.472 e. The summed E-state index contributed by atoms with van der Waals surface area (Å²) in [6, 6.07) is 5.85. The van der Waals surface area contributed by atoms with Gasteiger partial charge in [0, 0.05) is 6.42 Å². The van der Waals surface area contributed by atoms with Gasteiger partial charge in [0.15, 0.2) is 0 Å². The van der Waals surface area contributed by atoms with Crippen LogP contribution < -0.4 is 4.74 Å². The van der Waals surface area contributed by atoms with Crippen LogP contribution in [-0.2, 0) is 23.0 Å². The molecule has 0 radical (unpaired) electrons. The Labute approximate surface area is 153 Å². The van der Waals surface area contributed by atoms with E-state index in [0.717, 1.165) is 19.3 Å². The molecule has 0 aliphatic rings. The number of benzene rings is 1. The van der Waals surface area contributed by atoms with Crippen molar-refractivity contribution in [3.8, 4) is 5.75 Å². The van der Waals surface area contributed by atoms with Gasteiger partial charge in [-0.15, -0.1) is 0 Å². The zero-order valence-electron chi connectivity index (χ0n) is 16.0. The van der Waals surface area contributed by atoms with Gasteiger partial charge in [-0.2, -0.15) is 8.42 Å². The summed E-state index contributed by atoms with van der Waals surface area (Å²) in [6.45, 7) is 6.25. The molecule has 0 aromatic heterocycles. The maximum atomic E-state index is 11.5. The van der Waals surface area contributed by atoms with Gasteiger partial charge in [0.1, 0.15) is 5.75 Å². The molecule has 1 aromatic rings. The minimum atomic E-state index is -4.21. The Balaban J connectivity index is 2.94. The summed E-state index contributed by atoms with van der Waals surface area (Å²) in [5.41, 5.74) is 1.38. The predicted molar refractivity (Wildman–Crippen MR) is 104 cm³/mol. The second-order valence-corrected chi connectivity index (χ2v) is 8.25. The molecule has 0 bridgehead atoms. The lowest BCUT2D eigenvalue weighted by Crippen LogP contribution is -2.26. The molecule has 0 saturated heterocycles. The van der Waals surface area contributed by atoms with Crippen molar-refractivity contribution in [2.45, 2.75) is 90.4 Å². The Bertz CT molecular complexity index is 596. The molecule has 1 rings (SSSR count). The van der Waals surface area contributed by atoms with Gasteiger partial charge in [-0.1, -0.05) is 58.9 Å². The number of aryl methyl sites for hydroxylation is 2. The molecule has 0 fully saturated rings. The summed E-state index contributed by atoms with van der Waals surface area (Å²) in [4.78, 5) is 0. The molecule has 0 amide bonds. The van der Waals surface area contributed by atoms with E-state index in [-0.39, 0.29) is 6.42 Å². The third-order valence-electron chi connectivity index (χ3n) is 4.40. The van der Waals surface area contributed by atoms with Crippen LogP contribution in [0, 0.1) is 0 Å². The molecule has 0 saturated carbocycles. The largest absolute Gasteiger partial charge is 0.472 e. The second kappa shape index (κ2) is 11.5. The fourth-order valence-corrected chi connectivity index (χ4v) is 3.71. The highest BCUT2D eigenvalue weighted by atomic mass is 32.2. The number of rotatable bonds is 13. The highest BCUT2D eigenvalue weighted by Crippen LogP contribution is 2.24. The topological polar surface area (TPSA) is 63.6 Å². The molecular formula is C20H34O4S. The third kappa shape index (κ3) is 8.23. The van der Waals surface area contributed by atoms with Gasteiger partial charge in [0.05, 0.1) is 0 Å². The van der Waals surface area contributed by atoms with Crippen molar-refractivity contribution in [2.75, 3.05) is 0 Å². The first-order valence-electron chi connectivity index (χ1n) is 9.67. The van der Waals surface area contributed by atoms with E-state index in [1.54, 1.807) is 0 Å². The average Bonchev–Trinajstić information content (AvgIpc) is 2.56. The summed E-state index contributed by atoms with van der Waals surface area (Å²) in [5.74, 6) is 0.529. The van der Waals surface area contributed by atoms with Crippen LogP contribution in [0.2, 0.25) is 0 Å². The van der Waals surface area contributed by atoms with Crippen molar-refractivity contribution < 1.29 is 17.7 Å². The molecule has 0 aliphatic carbocycles. The fraction of sp³-hybridized carbons (Fsp3) is 0.700. The number of ether oxygens (including phenoxy) is 1. The van der Waals surface area contributed by atoms with Crippen LogP contribution in [0.1, 0.15) is 83.3 Å². The standard InChI is InChI=1S/C20H34O4S/c1-4-7-9-12-17-14-15-19(16-18(17)13-10-8-5-2)24-20(11-6-3)25(21,22)23/h14-16,20H,4-13H2,1-3H3,(H,21,22,23). The van der Waals surface area contributed by atoms with Crippen molar-refractivity contribution in [3.05, 3.63) is 29.3 Å². The molecule has 1 unspecified atom stereocenters. The van der Waals surface area contributed by atoms with Crippen LogP contribution in [0.4, 0.5) is 0 Å². The van der Waals surface area contributed by atoms with Crippen molar-refractivity contribution >= 4 is 10.1 Å². The quantitative estimate of drug-likeness (QED) is 0.365. The average molecular weight is 371 g/mol. The van der Waals surface area contributed by atoms with Crippen LogP contribution in [0.15, 0.2) is 18.2 Å². The summed E-state index contributed by atoms with van der Waals surface area (Å²) < 4.78 is 38.0. The van der Waals surface area contributed by atoms with E-state index in [1.807, 2.05) is 19.1 Å². The van der Waals surface area contributed by atoms with Crippen LogP contribution in [0.5, 0.6) is 5.75 Å². The first-order valence-corrected chi connectivity index (χ1v) is 11.2. The minimum absolute atomic E-state index is 0.280. The van der Waals surface area contributed by atoms with E-state index in [9.17, 15) is 13.0 Å². The molecule has 1 aromatic carbocycles. The van der Waals surface area contributed by atoms with Crippen molar-refractivity contribution in [3.63, 3.8) is 0 Å². The first kappa shape index (κ1) is 22.0. The smallest absolute Gasteiger partial charge is 0.303 e. The second-order valence-electron chi connectivity index (χ2n) is 6.70. The summed E-state index contributed by atoms with van der Waals surface area (Å²) in [6.07, 6.45) is 9.99. The van der Waals surface area contributed by atoms with Crippen LogP contribution in [-0.4, -0.2) is 18.4 Å². The van der Waals surface area contributed by atoms with E-state index in [1.165, 1.54) is 43.2 Å². The number of hydrogen-bond acceptors (Lipinski definition) is 3. The number of unbranched alkanes of at least 4 members (excludes halogenated alkanes) is 4. The molecule has 1 atom stereocenters. The Morgan fingerprint density at radius 3 is 2.04 bits per heavy atom. The van der Waals surface area contributed by atoms with Gasteiger partial charge in [-0.25, -0.2) is 0 Å². The summed E-state index contributed by atoms with van der Waals surface area (Å²) in [7, 11) is -4.21. The van der Waals surface area contributed by atoms with E-state index < -0.39 is 15.6 Å². The summed E-state index contributed by atoms with van der Waals surface area (Å²) in [5, 5.41) is 0. The molecule has 4 nitrogen and oxygen atoms in total. The lowest BCUT2D eigenvalue weighted by molar-refractivity contribution is 0.245. The van der Waals surface area contributed by atoms with Gasteiger partial charge in [-0.05, 0) is 48.9 Å². The molecule has 0 spiro atoms. The predicted octanol–water partition coefficient (Wildman–Crippen LogP) is 5.54. The normalized spacial score (nSPS) is 13.0. The highest BCUT2D eigenvalue weighted by Gasteiger charge is 2.24. The van der Waals surface area contributed by atoms with Gasteiger partial charge >= 0.3 is 10.1 Å². The van der Waals surface area contributed by atoms with Crippen LogP contribution >= 0.6 is 0 Å². The van der Waals surface area contributed by atoms with E-state index >= 15 is 0 Å². The van der Waals surface area contributed by atoms with Crippen LogP contribution in [0.3, 0.4) is 0 Å². The first-order chi connectivity index (χ1) is 11.9. The lowest BCUT2D eigenvalue weighted by Gasteiger charge is -2.18. The molecular weight excluding hydrogens is 336 g/mol. The van der Waals surface area contributed by atoms with Crippen molar-refractivity contribution in [1.29, 1.82) is 0 Å². The number of hydrogen-bond donors (Lipinski definition) is 1. The maximum absolute atomic E-state index is 11.5. The zero-order chi connectivity index (χ0) is 18.7. The molecule has 5 heteroatoms. The third-order valence-corrected chi connectivity index (χ3v) is 5.40. The van der Waals surface area contributed by atoms with Crippen LogP contribution in [0.25, 0.3) is 0 Å². The zero-order valence-corrected chi connectivity index (χ0v) is 16.8. The van der Waals surface area contributed by atoms with E-state index in [0.29, 0.717) is 12.2 Å². The summed E-state index contributed by atoms with van der Waals surface area (Å²) >= 11 is 0. The van der Waals surface area contributed by atoms with E-state index in [4.69, 9.17) is 4.74 Å². The fourth-order valence-electron chi connectivity index (χ4n) is 2.94. The molecule has 25 heavy (non-hydrogen) atoms. The van der Waals surface area contributed by atoms with Gasteiger partial charge in [0.25, 0.3) is 0 Å². The van der Waals surface area contributed by atoms with Gasteiger partial charge in [-0.3, -0.25) is 4.55 Å². The Hall–Kier alpha value is -1.07. The Kier molecular flexibility index (Phi) is 10.1. The Morgan fingerprint density at radius 2 is 1.52 bits per heavy atom. The monoisotopic (exact) mass is 370 g/mol. The van der Waals surface area contributed by atoms with Gasteiger partial charge in [0.2, 0.25) is 5.44 Å². The Morgan fingerprint density at radius 1 is 0.920 bits per heavy atom. The molecule has 0 heterocycles. The molecule has 1 N–H and O–H groups in total. The lowest BCUT2D eigenvalue weighted by atomic mass is 9.97. The SMILES string of the molecule is CCCCCc1ccc(OC(CCC)S(=O)(=O)O)cc1CCCCC. The molecule has 144 valence electrons.